The van der Waals surface area contributed by atoms with Gasteiger partial charge in [-0.15, -0.1) is 0 Å². The lowest BCUT2D eigenvalue weighted by Crippen LogP contribution is -2.45. The molecular formula is C53H61N5O14. The molecule has 0 bridgehead atoms. The Hall–Kier alpha value is -7.50. The maximum atomic E-state index is 13.3. The first-order chi connectivity index (χ1) is 34.8. The number of para-hydroxylation sites is 1. The molecule has 0 unspecified atom stereocenters. The Labute approximate surface area is 418 Å². The molecule has 0 fully saturated rings. The van der Waals surface area contributed by atoms with Crippen LogP contribution in [0, 0.1) is 33.8 Å². The molecule has 72 heavy (non-hydrogen) atoms. The molecule has 2 atom stereocenters. The number of ketones is 1. The number of hydrogen-bond donors (Lipinski definition) is 3. The van der Waals surface area contributed by atoms with Crippen LogP contribution in [0.3, 0.4) is 0 Å². The number of non-ortho nitro benzene ring substituents is 1. The third-order valence-corrected chi connectivity index (χ3v) is 11.1. The number of amides is 4. The number of rotatable bonds is 29. The summed E-state index contributed by atoms with van der Waals surface area (Å²) in [5.74, 6) is 4.27. The second kappa shape index (κ2) is 29.6. The third kappa shape index (κ3) is 19.0. The monoisotopic (exact) mass is 991 g/mol. The molecule has 1 aliphatic heterocycles. The summed E-state index contributed by atoms with van der Waals surface area (Å²) in [5.41, 5.74) is 4.24. The molecular weight excluding hydrogens is 931 g/mol. The number of benzene rings is 4. The second-order valence-electron chi connectivity index (χ2n) is 16.9. The van der Waals surface area contributed by atoms with Gasteiger partial charge in [-0.05, 0) is 66.4 Å². The second-order valence-corrected chi connectivity index (χ2v) is 16.9. The number of anilines is 2. The fourth-order valence-corrected chi connectivity index (χ4v) is 7.06. The van der Waals surface area contributed by atoms with Crippen molar-refractivity contribution in [1.82, 2.24) is 10.6 Å². The summed E-state index contributed by atoms with van der Waals surface area (Å²) in [5, 5.41) is 19.0. The molecule has 0 saturated carbocycles. The highest BCUT2D eigenvalue weighted by molar-refractivity contribution is 5.98. The maximum absolute atomic E-state index is 13.3. The van der Waals surface area contributed by atoms with Crippen molar-refractivity contribution in [3.8, 4) is 17.6 Å². The topological polar surface area (TPSA) is 240 Å². The van der Waals surface area contributed by atoms with Gasteiger partial charge in [-0.2, -0.15) is 0 Å². The third-order valence-electron chi connectivity index (χ3n) is 11.1. The Morgan fingerprint density at radius 2 is 1.29 bits per heavy atom. The van der Waals surface area contributed by atoms with Gasteiger partial charge in [-0.3, -0.25) is 34.1 Å². The number of carbonyl (C=O) groups is 6. The summed E-state index contributed by atoms with van der Waals surface area (Å²) in [6.07, 6.45) is -0.622. The van der Waals surface area contributed by atoms with Crippen molar-refractivity contribution in [2.75, 3.05) is 69.6 Å². The van der Waals surface area contributed by atoms with Crippen LogP contribution in [-0.4, -0.2) is 106 Å². The van der Waals surface area contributed by atoms with E-state index in [1.54, 1.807) is 29.2 Å². The first-order valence-electron chi connectivity index (χ1n) is 23.6. The first kappa shape index (κ1) is 55.4. The van der Waals surface area contributed by atoms with Crippen molar-refractivity contribution in [1.29, 1.82) is 0 Å². The number of Topliss-reactive ketones (excluding diaryl/α,β-unsaturated/α-hetero) is 1. The van der Waals surface area contributed by atoms with Crippen molar-refractivity contribution in [2.24, 2.45) is 11.8 Å². The standard InChI is InChI=1S/C53H61N5O14/c1-37(2)47(52(63)55-38(3)51(62)56-43-16-12-39(13-17-43)36-71-53(64)72-46-20-18-44(19-21-46)58(65)66)34-45(59)23-26-67-28-30-69-32-33-70-31-29-68-27-24-49(60)54-25-22-50(61)57-35-42-10-5-4-8-40(42)14-15-41-9-6-7-11-48(41)57/h4-13,16-21,37-38,47H,22-36H2,1-3H3,(H,54,60)(H,55,63)(H,56,62)/t38-,47-/m0/s1. The molecule has 4 aromatic rings. The molecule has 0 aromatic heterocycles. The van der Waals surface area contributed by atoms with Crippen molar-refractivity contribution in [2.45, 2.75) is 65.6 Å². The van der Waals surface area contributed by atoms with Crippen LogP contribution in [0.5, 0.6) is 5.75 Å². The van der Waals surface area contributed by atoms with Crippen molar-refractivity contribution < 1.29 is 62.1 Å². The van der Waals surface area contributed by atoms with Crippen LogP contribution in [0.15, 0.2) is 97.1 Å². The molecule has 4 aromatic carbocycles. The fourth-order valence-electron chi connectivity index (χ4n) is 7.06. The predicted molar refractivity (Wildman–Crippen MR) is 265 cm³/mol. The van der Waals surface area contributed by atoms with Crippen LogP contribution in [0.2, 0.25) is 0 Å². The number of hydrogen-bond acceptors (Lipinski definition) is 14. The first-order valence-corrected chi connectivity index (χ1v) is 23.6. The Morgan fingerprint density at radius 1 is 0.694 bits per heavy atom. The number of nitro benzene ring substituents is 1. The van der Waals surface area contributed by atoms with Gasteiger partial charge in [-0.1, -0.05) is 68.2 Å². The van der Waals surface area contributed by atoms with E-state index in [1.807, 2.05) is 62.4 Å². The van der Waals surface area contributed by atoms with E-state index in [4.69, 9.17) is 28.4 Å². The van der Waals surface area contributed by atoms with Crippen LogP contribution < -0.4 is 25.6 Å². The van der Waals surface area contributed by atoms with Crippen LogP contribution in [0.25, 0.3) is 0 Å². The van der Waals surface area contributed by atoms with Gasteiger partial charge >= 0.3 is 6.16 Å². The van der Waals surface area contributed by atoms with Crippen LogP contribution in [0.1, 0.15) is 68.7 Å². The van der Waals surface area contributed by atoms with E-state index >= 15 is 0 Å². The number of ether oxygens (including phenoxy) is 6. The summed E-state index contributed by atoms with van der Waals surface area (Å²) in [4.78, 5) is 88.6. The lowest BCUT2D eigenvalue weighted by molar-refractivity contribution is -0.384. The van der Waals surface area contributed by atoms with Gasteiger partial charge in [0.05, 0.1) is 70.0 Å². The molecule has 0 radical (unpaired) electrons. The minimum Gasteiger partial charge on any atom is -0.429 e. The Balaban J connectivity index is 0.841. The molecule has 1 heterocycles. The van der Waals surface area contributed by atoms with E-state index in [9.17, 15) is 38.9 Å². The molecule has 19 nitrogen and oxygen atoms in total. The van der Waals surface area contributed by atoms with Crippen molar-refractivity contribution in [3.05, 3.63) is 129 Å². The van der Waals surface area contributed by atoms with Gasteiger partial charge in [0, 0.05) is 67.1 Å². The molecule has 1 aliphatic rings. The van der Waals surface area contributed by atoms with E-state index in [0.29, 0.717) is 50.8 Å². The summed E-state index contributed by atoms with van der Waals surface area (Å²) in [7, 11) is 0. The predicted octanol–water partition coefficient (Wildman–Crippen LogP) is 6.28. The number of nitrogens with zero attached hydrogens (tertiary/aromatic N) is 2. The highest BCUT2D eigenvalue weighted by Crippen LogP contribution is 2.26. The van der Waals surface area contributed by atoms with Crippen molar-refractivity contribution >= 4 is 52.6 Å². The number of nitrogens with one attached hydrogen (secondary N) is 3. The largest absolute Gasteiger partial charge is 0.514 e. The van der Waals surface area contributed by atoms with E-state index in [-0.39, 0.29) is 93.6 Å². The Kier molecular flexibility index (Phi) is 22.8. The molecule has 3 N–H and O–H groups in total. The van der Waals surface area contributed by atoms with Crippen molar-refractivity contribution in [3.63, 3.8) is 0 Å². The summed E-state index contributed by atoms with van der Waals surface area (Å²) >= 11 is 0. The quantitative estimate of drug-likeness (QED) is 0.0135. The average molecular weight is 992 g/mol. The highest BCUT2D eigenvalue weighted by atomic mass is 16.7. The summed E-state index contributed by atoms with van der Waals surface area (Å²) in [6, 6.07) is 25.8. The van der Waals surface area contributed by atoms with Gasteiger partial charge in [0.15, 0.2) is 0 Å². The van der Waals surface area contributed by atoms with E-state index in [1.165, 1.54) is 31.2 Å². The molecule has 0 spiro atoms. The summed E-state index contributed by atoms with van der Waals surface area (Å²) in [6.45, 7) is 7.84. The number of nitro groups is 1. The van der Waals surface area contributed by atoms with E-state index < -0.39 is 34.9 Å². The van der Waals surface area contributed by atoms with Crippen LogP contribution in [-0.2, 0) is 60.8 Å². The lowest BCUT2D eigenvalue weighted by atomic mass is 9.89. The summed E-state index contributed by atoms with van der Waals surface area (Å²) < 4.78 is 32.2. The average Bonchev–Trinajstić information content (AvgIpc) is 3.36. The van der Waals surface area contributed by atoms with Gasteiger partial charge in [0.25, 0.3) is 5.69 Å². The molecule has 0 saturated heterocycles. The van der Waals surface area contributed by atoms with Gasteiger partial charge < -0.3 is 49.3 Å². The number of fused-ring (bicyclic) bond motifs is 2. The molecule has 0 aliphatic carbocycles. The minimum atomic E-state index is -1.00. The number of carbonyl (C=O) groups excluding carboxylic acids is 6. The van der Waals surface area contributed by atoms with Gasteiger partial charge in [0.2, 0.25) is 23.6 Å². The van der Waals surface area contributed by atoms with E-state index in [2.05, 4.69) is 27.8 Å². The van der Waals surface area contributed by atoms with Gasteiger partial charge in [-0.25, -0.2) is 4.79 Å². The highest BCUT2D eigenvalue weighted by Gasteiger charge is 2.28. The van der Waals surface area contributed by atoms with E-state index in [0.717, 1.165) is 22.4 Å². The minimum absolute atomic E-state index is 0.0124. The zero-order valence-corrected chi connectivity index (χ0v) is 40.7. The van der Waals surface area contributed by atoms with Gasteiger partial charge in [0.1, 0.15) is 24.2 Å². The van der Waals surface area contributed by atoms with Crippen LogP contribution >= 0.6 is 0 Å². The smallest absolute Gasteiger partial charge is 0.429 e. The van der Waals surface area contributed by atoms with Crippen LogP contribution in [0.4, 0.5) is 21.9 Å². The zero-order valence-electron chi connectivity index (χ0n) is 40.7. The molecule has 382 valence electrons. The normalized spacial score (nSPS) is 12.4. The SMILES string of the molecule is CC(C)[C@H](CC(=O)CCOCCOCCOCCOCCC(=O)NCCC(=O)N1Cc2ccccc2C#Cc2ccccc21)C(=O)N[C@@H](C)C(=O)Nc1ccc(COC(=O)Oc2ccc([N+](=O)[O-])cc2)cc1. The molecule has 19 heteroatoms. The maximum Gasteiger partial charge on any atom is 0.514 e. The zero-order chi connectivity index (χ0) is 51.7. The molecule has 4 amide bonds. The Bertz CT molecular complexity index is 2520. The molecule has 5 rings (SSSR count). The Morgan fingerprint density at radius 3 is 1.94 bits per heavy atom. The lowest BCUT2D eigenvalue weighted by Gasteiger charge is -2.26. The fraction of sp³-hybridized carbons (Fsp3) is 0.396.